The van der Waals surface area contributed by atoms with Crippen molar-refractivity contribution in [3.8, 4) is 0 Å². The predicted octanol–water partition coefficient (Wildman–Crippen LogP) is 1.89. The summed E-state index contributed by atoms with van der Waals surface area (Å²) >= 11 is 7.18. The number of carbonyl (C=O) groups is 1. The second-order valence-electron chi connectivity index (χ2n) is 5.47. The van der Waals surface area contributed by atoms with Gasteiger partial charge in [0, 0.05) is 45.7 Å². The Bertz CT molecular complexity index is 920. The number of amidine groups is 1. The minimum absolute atomic E-state index is 0.123. The predicted molar refractivity (Wildman–Crippen MR) is 103 cm³/mol. The van der Waals surface area contributed by atoms with Crippen LogP contribution in [0, 0.1) is 0 Å². The molecular weight excluding hydrogens is 356 g/mol. The van der Waals surface area contributed by atoms with E-state index in [0.717, 1.165) is 15.8 Å². The molecule has 0 unspecified atom stereocenters. The summed E-state index contributed by atoms with van der Waals surface area (Å²) in [6.07, 6.45) is 2.00. The van der Waals surface area contributed by atoms with Gasteiger partial charge in [-0.1, -0.05) is 29.8 Å². The lowest BCUT2D eigenvalue weighted by atomic mass is 10.2. The molecule has 0 fully saturated rings. The molecule has 0 radical (unpaired) electrons. The number of para-hydroxylation sites is 1. The Morgan fingerprint density at radius 1 is 1.20 bits per heavy atom. The summed E-state index contributed by atoms with van der Waals surface area (Å²) in [7, 11) is 0. The summed E-state index contributed by atoms with van der Waals surface area (Å²) in [5.41, 5.74) is 7.28. The van der Waals surface area contributed by atoms with E-state index in [0.29, 0.717) is 28.8 Å². The van der Waals surface area contributed by atoms with E-state index < -0.39 is 0 Å². The lowest BCUT2D eigenvalue weighted by Crippen LogP contribution is -2.43. The van der Waals surface area contributed by atoms with Crippen molar-refractivity contribution in [2.24, 2.45) is 5.73 Å². The quantitative estimate of drug-likeness (QED) is 0.362. The second-order valence-corrected chi connectivity index (χ2v) is 7.02. The number of thioether (sulfide) groups is 1. The van der Waals surface area contributed by atoms with Crippen molar-refractivity contribution < 1.29 is 10.2 Å². The van der Waals surface area contributed by atoms with E-state index in [-0.39, 0.29) is 5.91 Å². The highest BCUT2D eigenvalue weighted by Gasteiger charge is 2.12. The molecule has 2 aromatic carbocycles. The van der Waals surface area contributed by atoms with Crippen LogP contribution in [0.25, 0.3) is 10.9 Å². The number of hydrogen-bond donors (Lipinski definition) is 3. The number of benzene rings is 2. The maximum atomic E-state index is 12.2. The molecule has 7 heteroatoms. The van der Waals surface area contributed by atoms with Gasteiger partial charge in [-0.25, -0.2) is 0 Å². The number of nitrogens with zero attached hydrogens (tertiary/aromatic N) is 1. The average Bonchev–Trinajstić information content (AvgIpc) is 2.93. The molecule has 0 aliphatic heterocycles. The lowest BCUT2D eigenvalue weighted by molar-refractivity contribution is -0.110. The van der Waals surface area contributed by atoms with Crippen molar-refractivity contribution in [1.82, 2.24) is 9.88 Å². The third-order valence-corrected chi connectivity index (χ3v) is 4.76. The number of fused-ring (bicyclic) bond motifs is 1. The molecule has 0 saturated heterocycles. The maximum Gasteiger partial charge on any atom is 0.304 e. The lowest BCUT2D eigenvalue weighted by Gasteiger charge is -2.07. The fourth-order valence-corrected chi connectivity index (χ4v) is 3.44. The number of aromatic nitrogens is 1. The second kappa shape index (κ2) is 7.63. The summed E-state index contributed by atoms with van der Waals surface area (Å²) < 4.78 is 2.09. The maximum absolute atomic E-state index is 12.2. The first kappa shape index (κ1) is 17.4. The first-order valence-electron chi connectivity index (χ1n) is 7.72. The summed E-state index contributed by atoms with van der Waals surface area (Å²) in [6.45, 7) is 1.15. The molecule has 0 aliphatic carbocycles. The van der Waals surface area contributed by atoms with Crippen LogP contribution in [0.2, 0.25) is 5.02 Å². The number of carbonyl (C=O) groups excluding carboxylic acids is 1. The Morgan fingerprint density at radius 3 is 2.64 bits per heavy atom. The first-order chi connectivity index (χ1) is 12.0. The molecule has 5 nitrogen and oxygen atoms in total. The molecule has 1 heterocycles. The van der Waals surface area contributed by atoms with Gasteiger partial charge in [-0.15, -0.1) is 0 Å². The molecule has 1 aromatic heterocycles. The standard InChI is InChI=1S/C18H17ClN4OS/c19-13-7-5-12(6-8-13)17(24)22-9-10-23-11-16(25-18(20)21)14-3-1-2-4-15(14)23/h1-8,11H,9-10H2,(H3,20,21)(H,22,24)/p+1. The van der Waals surface area contributed by atoms with Gasteiger partial charge in [0.1, 0.15) is 0 Å². The first-order valence-corrected chi connectivity index (χ1v) is 8.91. The molecule has 5 N–H and O–H groups in total. The number of nitrogens with two attached hydrogens (primary N) is 2. The van der Waals surface area contributed by atoms with Crippen molar-refractivity contribution in [1.29, 1.82) is 0 Å². The molecule has 1 amide bonds. The topological polar surface area (TPSA) is 85.6 Å². The Labute approximate surface area is 154 Å². The van der Waals surface area contributed by atoms with E-state index in [9.17, 15) is 4.79 Å². The van der Waals surface area contributed by atoms with Crippen LogP contribution in [0.5, 0.6) is 0 Å². The molecule has 128 valence electrons. The molecule has 3 rings (SSSR count). The van der Waals surface area contributed by atoms with Gasteiger partial charge in [-0.2, -0.15) is 0 Å². The van der Waals surface area contributed by atoms with Gasteiger partial charge in [0.15, 0.2) is 0 Å². The minimum Gasteiger partial charge on any atom is -0.350 e. The number of amides is 1. The van der Waals surface area contributed by atoms with Crippen LogP contribution in [0.3, 0.4) is 0 Å². The van der Waals surface area contributed by atoms with Crippen LogP contribution in [-0.2, 0) is 6.54 Å². The molecule has 0 atom stereocenters. The Kier molecular flexibility index (Phi) is 5.31. The van der Waals surface area contributed by atoms with E-state index in [1.807, 2.05) is 30.5 Å². The van der Waals surface area contributed by atoms with Crippen molar-refractivity contribution in [3.63, 3.8) is 0 Å². The number of rotatable bonds is 5. The third kappa shape index (κ3) is 4.15. The van der Waals surface area contributed by atoms with Crippen LogP contribution < -0.4 is 16.5 Å². The molecule has 25 heavy (non-hydrogen) atoms. The van der Waals surface area contributed by atoms with Gasteiger partial charge < -0.3 is 9.88 Å². The van der Waals surface area contributed by atoms with E-state index in [2.05, 4.69) is 9.88 Å². The van der Waals surface area contributed by atoms with Gasteiger partial charge in [-0.3, -0.25) is 15.9 Å². The molecule has 0 spiro atoms. The van der Waals surface area contributed by atoms with Crippen LogP contribution in [0.15, 0.2) is 59.6 Å². The summed E-state index contributed by atoms with van der Waals surface area (Å²) in [5.74, 6) is -0.123. The van der Waals surface area contributed by atoms with Gasteiger partial charge >= 0.3 is 5.17 Å². The highest BCUT2D eigenvalue weighted by atomic mass is 35.5. The zero-order valence-electron chi connectivity index (χ0n) is 13.4. The number of halogens is 1. The van der Waals surface area contributed by atoms with E-state index >= 15 is 0 Å². The van der Waals surface area contributed by atoms with Crippen LogP contribution >= 0.6 is 23.4 Å². The molecule has 0 saturated carbocycles. The van der Waals surface area contributed by atoms with Gasteiger partial charge in [0.2, 0.25) is 0 Å². The highest BCUT2D eigenvalue weighted by molar-refractivity contribution is 8.13. The fraction of sp³-hybridized carbons (Fsp3) is 0.111. The zero-order valence-corrected chi connectivity index (χ0v) is 15.0. The number of hydrogen-bond acceptors (Lipinski definition) is 2. The fourth-order valence-electron chi connectivity index (χ4n) is 2.60. The highest BCUT2D eigenvalue weighted by Crippen LogP contribution is 2.29. The smallest absolute Gasteiger partial charge is 0.304 e. The molecule has 0 bridgehead atoms. The van der Waals surface area contributed by atoms with Crippen molar-refractivity contribution in [2.45, 2.75) is 11.4 Å². The van der Waals surface area contributed by atoms with Crippen molar-refractivity contribution >= 4 is 45.3 Å². The Morgan fingerprint density at radius 2 is 1.92 bits per heavy atom. The van der Waals surface area contributed by atoms with Crippen molar-refractivity contribution in [3.05, 3.63) is 65.3 Å². The van der Waals surface area contributed by atoms with Gasteiger partial charge in [-0.05, 0) is 42.1 Å². The average molecular weight is 374 g/mol. The summed E-state index contributed by atoms with van der Waals surface area (Å²) in [6, 6.07) is 14.8. The monoisotopic (exact) mass is 373 g/mol. The third-order valence-electron chi connectivity index (χ3n) is 3.72. The van der Waals surface area contributed by atoms with E-state index in [1.54, 1.807) is 24.3 Å². The minimum atomic E-state index is -0.123. The zero-order chi connectivity index (χ0) is 17.8. The molecule has 0 aliphatic rings. The normalized spacial score (nSPS) is 10.8. The largest absolute Gasteiger partial charge is 0.350 e. The van der Waals surface area contributed by atoms with Crippen LogP contribution in [0.4, 0.5) is 0 Å². The Balaban J connectivity index is 1.70. The van der Waals surface area contributed by atoms with Crippen LogP contribution in [-0.4, -0.2) is 22.2 Å². The molecule has 3 aromatic rings. The van der Waals surface area contributed by atoms with E-state index in [1.165, 1.54) is 11.8 Å². The van der Waals surface area contributed by atoms with E-state index in [4.69, 9.17) is 22.7 Å². The summed E-state index contributed by atoms with van der Waals surface area (Å²) in [4.78, 5) is 13.2. The number of nitrogens with one attached hydrogen (secondary N) is 1. The van der Waals surface area contributed by atoms with Gasteiger partial charge in [0.05, 0.1) is 0 Å². The van der Waals surface area contributed by atoms with Crippen LogP contribution in [0.1, 0.15) is 10.4 Å². The summed E-state index contributed by atoms with van der Waals surface area (Å²) in [5, 5.41) is 10.5. The van der Waals surface area contributed by atoms with Gasteiger partial charge in [0.25, 0.3) is 5.91 Å². The van der Waals surface area contributed by atoms with Crippen molar-refractivity contribution in [2.75, 3.05) is 6.54 Å². The Hall–Kier alpha value is -2.44. The molecular formula is C18H18ClN4OS+. The SMILES string of the molecule is NC(=[NH2+])Sc1cn(CCNC(=O)c2ccc(Cl)cc2)c2ccccc12.